The van der Waals surface area contributed by atoms with Crippen LogP contribution in [0, 0.1) is 5.41 Å². The average Bonchev–Trinajstić information content (AvgIpc) is 3.11. The Bertz CT molecular complexity index is 916. The molecule has 0 amide bonds. The third-order valence-corrected chi connectivity index (χ3v) is 6.16. The molecule has 3 heterocycles. The second-order valence-electron chi connectivity index (χ2n) is 6.53. The molecule has 26 heavy (non-hydrogen) atoms. The first-order chi connectivity index (χ1) is 12.7. The van der Waals surface area contributed by atoms with E-state index in [1.54, 1.807) is 24.2 Å². The predicted molar refractivity (Wildman–Crippen MR) is 100 cm³/mol. The summed E-state index contributed by atoms with van der Waals surface area (Å²) < 4.78 is 11.3. The molecule has 1 saturated heterocycles. The van der Waals surface area contributed by atoms with Gasteiger partial charge in [-0.15, -0.1) is 11.8 Å². The summed E-state index contributed by atoms with van der Waals surface area (Å²) in [4.78, 5) is 16.9. The van der Waals surface area contributed by atoms with Crippen LogP contribution in [0.1, 0.15) is 12.8 Å². The fourth-order valence-electron chi connectivity index (χ4n) is 3.17. The van der Waals surface area contributed by atoms with Gasteiger partial charge in [0.15, 0.2) is 0 Å². The number of benzene rings is 1. The van der Waals surface area contributed by atoms with Crippen LogP contribution in [0.3, 0.4) is 0 Å². The highest BCUT2D eigenvalue weighted by molar-refractivity contribution is 7.99. The van der Waals surface area contributed by atoms with Crippen molar-refractivity contribution in [3.8, 4) is 11.3 Å². The lowest BCUT2D eigenvalue weighted by Gasteiger charge is -2.32. The minimum absolute atomic E-state index is 0.517. The molecule has 134 valence electrons. The molecule has 1 aromatic carbocycles. The summed E-state index contributed by atoms with van der Waals surface area (Å²) in [7, 11) is 0. The highest BCUT2D eigenvalue weighted by atomic mass is 32.2. The van der Waals surface area contributed by atoms with Crippen molar-refractivity contribution in [1.29, 1.82) is 0 Å². The summed E-state index contributed by atoms with van der Waals surface area (Å²) >= 11 is 1.59. The third-order valence-electron chi connectivity index (χ3n) is 4.87. The lowest BCUT2D eigenvalue weighted by molar-refractivity contribution is -0.152. The molecule has 2 aromatic heterocycles. The van der Waals surface area contributed by atoms with E-state index in [4.69, 9.17) is 9.15 Å². The second-order valence-corrected chi connectivity index (χ2v) is 7.58. The van der Waals surface area contributed by atoms with Crippen molar-refractivity contribution in [2.24, 2.45) is 5.41 Å². The minimum atomic E-state index is -0.724. The number of hydrogen-bond acceptors (Lipinski definition) is 5. The zero-order valence-corrected chi connectivity index (χ0v) is 15.0. The molecule has 5 nitrogen and oxygen atoms in total. The molecule has 6 heteroatoms. The van der Waals surface area contributed by atoms with Crippen molar-refractivity contribution in [2.75, 3.05) is 19.0 Å². The van der Waals surface area contributed by atoms with Crippen LogP contribution in [0.15, 0.2) is 58.1 Å². The van der Waals surface area contributed by atoms with Crippen molar-refractivity contribution < 1.29 is 19.1 Å². The predicted octanol–water partition coefficient (Wildman–Crippen LogP) is 4.47. The molecule has 1 N–H and O–H groups in total. The molecule has 0 radical (unpaired) electrons. The van der Waals surface area contributed by atoms with Crippen molar-refractivity contribution in [1.82, 2.24) is 4.98 Å². The highest BCUT2D eigenvalue weighted by Crippen LogP contribution is 2.38. The number of carbonyl (C=O) groups is 1. The molecule has 1 fully saturated rings. The van der Waals surface area contributed by atoms with Gasteiger partial charge in [0.1, 0.15) is 11.3 Å². The van der Waals surface area contributed by atoms with Crippen molar-refractivity contribution in [2.45, 2.75) is 17.7 Å². The first-order valence-electron chi connectivity index (χ1n) is 8.54. The van der Waals surface area contributed by atoms with Gasteiger partial charge in [-0.25, -0.2) is 0 Å². The Balaban J connectivity index is 1.55. The van der Waals surface area contributed by atoms with Gasteiger partial charge in [0.05, 0.1) is 5.41 Å². The van der Waals surface area contributed by atoms with Gasteiger partial charge in [0.25, 0.3) is 0 Å². The molecule has 0 saturated carbocycles. The summed E-state index contributed by atoms with van der Waals surface area (Å²) in [6.07, 6.45) is 4.61. The smallest absolute Gasteiger partial charge is 0.310 e. The van der Waals surface area contributed by atoms with Crippen LogP contribution in [0.5, 0.6) is 0 Å². The summed E-state index contributed by atoms with van der Waals surface area (Å²) in [5.41, 5.74) is 1.11. The number of fused-ring (bicyclic) bond motifs is 1. The molecule has 0 unspecified atom stereocenters. The van der Waals surface area contributed by atoms with Gasteiger partial charge in [0, 0.05) is 47.2 Å². The van der Waals surface area contributed by atoms with Crippen LogP contribution in [-0.4, -0.2) is 35.0 Å². The number of hydrogen-bond donors (Lipinski definition) is 1. The number of nitrogens with zero attached hydrogens (tertiary/aromatic N) is 1. The maximum atomic E-state index is 11.8. The van der Waals surface area contributed by atoms with Crippen LogP contribution >= 0.6 is 11.8 Å². The van der Waals surface area contributed by atoms with Gasteiger partial charge in [0.2, 0.25) is 0 Å². The summed E-state index contributed by atoms with van der Waals surface area (Å²) in [5.74, 6) is 0.625. The zero-order valence-electron chi connectivity index (χ0n) is 14.2. The number of ether oxygens (including phenoxy) is 1. The third kappa shape index (κ3) is 3.34. The number of rotatable bonds is 5. The lowest BCUT2D eigenvalue weighted by Crippen LogP contribution is -2.39. The van der Waals surface area contributed by atoms with E-state index in [0.717, 1.165) is 27.2 Å². The largest absolute Gasteiger partial charge is 0.481 e. The normalized spacial score (nSPS) is 16.6. The number of carboxylic acid groups (broad SMARTS) is 1. The molecule has 3 aromatic rings. The molecule has 4 rings (SSSR count). The summed E-state index contributed by atoms with van der Waals surface area (Å²) in [5, 5.41) is 10.7. The molecule has 0 bridgehead atoms. The van der Waals surface area contributed by atoms with E-state index in [1.165, 1.54) is 0 Å². The topological polar surface area (TPSA) is 72.6 Å². The van der Waals surface area contributed by atoms with Gasteiger partial charge >= 0.3 is 5.97 Å². The van der Waals surface area contributed by atoms with Crippen molar-refractivity contribution in [3.05, 3.63) is 48.8 Å². The van der Waals surface area contributed by atoms with E-state index in [0.29, 0.717) is 31.8 Å². The minimum Gasteiger partial charge on any atom is -0.481 e. The van der Waals surface area contributed by atoms with Crippen molar-refractivity contribution in [3.63, 3.8) is 0 Å². The summed E-state index contributed by atoms with van der Waals surface area (Å²) in [6, 6.07) is 11.8. The Labute approximate surface area is 155 Å². The van der Waals surface area contributed by atoms with E-state index in [2.05, 4.69) is 11.1 Å². The van der Waals surface area contributed by atoms with Crippen LogP contribution in [0.2, 0.25) is 0 Å². The number of thioether (sulfide) groups is 1. The van der Waals surface area contributed by atoms with E-state index in [1.807, 2.05) is 30.3 Å². The maximum Gasteiger partial charge on any atom is 0.310 e. The summed E-state index contributed by atoms with van der Waals surface area (Å²) in [6.45, 7) is 1.03. The average molecular weight is 369 g/mol. The number of aliphatic carboxylic acids is 1. The molecule has 0 spiro atoms. The Morgan fingerprint density at radius 2 is 1.92 bits per heavy atom. The highest BCUT2D eigenvalue weighted by Gasteiger charge is 2.40. The zero-order chi connectivity index (χ0) is 18.0. The standard InChI is InChI=1S/C20H19NO4S/c22-19(23)20(5-9-24-10-6-20)13-26-16-1-2-17-15(11-16)12-18(25-17)14-3-7-21-8-4-14/h1-4,7-8,11-12H,5-6,9-10,13H2,(H,22,23). The van der Waals surface area contributed by atoms with Gasteiger partial charge < -0.3 is 14.3 Å². The fourth-order valence-corrected chi connectivity index (χ4v) is 4.40. The van der Waals surface area contributed by atoms with Gasteiger partial charge in [-0.1, -0.05) is 0 Å². The maximum absolute atomic E-state index is 11.8. The quantitative estimate of drug-likeness (QED) is 0.669. The van der Waals surface area contributed by atoms with E-state index in [9.17, 15) is 9.90 Å². The molecule has 0 aliphatic carbocycles. The Hall–Kier alpha value is -2.31. The molecule has 1 aliphatic heterocycles. The number of furan rings is 1. The molecule has 1 aliphatic rings. The lowest BCUT2D eigenvalue weighted by atomic mass is 9.82. The Morgan fingerprint density at radius 1 is 1.15 bits per heavy atom. The second kappa shape index (κ2) is 7.13. The van der Waals surface area contributed by atoms with Gasteiger partial charge in [-0.05, 0) is 49.2 Å². The van der Waals surface area contributed by atoms with Crippen LogP contribution in [0.25, 0.3) is 22.3 Å². The molecule has 0 atom stereocenters. The van der Waals surface area contributed by atoms with E-state index in [-0.39, 0.29) is 0 Å². The monoisotopic (exact) mass is 369 g/mol. The Kier molecular flexibility index (Phi) is 4.70. The Morgan fingerprint density at radius 3 is 2.65 bits per heavy atom. The van der Waals surface area contributed by atoms with E-state index >= 15 is 0 Å². The number of aromatic nitrogens is 1. The van der Waals surface area contributed by atoms with E-state index < -0.39 is 11.4 Å². The first kappa shape index (κ1) is 17.1. The van der Waals surface area contributed by atoms with Crippen molar-refractivity contribution >= 4 is 28.7 Å². The molecular weight excluding hydrogens is 350 g/mol. The SMILES string of the molecule is O=C(O)C1(CSc2ccc3oc(-c4ccncc4)cc3c2)CCOCC1. The number of carboxylic acids is 1. The van der Waals surface area contributed by atoms with Crippen LogP contribution < -0.4 is 0 Å². The molecular formula is C20H19NO4S. The van der Waals surface area contributed by atoms with Crippen LogP contribution in [0.4, 0.5) is 0 Å². The first-order valence-corrected chi connectivity index (χ1v) is 9.53. The van der Waals surface area contributed by atoms with Gasteiger partial charge in [-0.2, -0.15) is 0 Å². The fraction of sp³-hybridized carbons (Fsp3) is 0.300. The number of pyridine rings is 1. The van der Waals surface area contributed by atoms with Crippen LogP contribution in [-0.2, 0) is 9.53 Å². The van der Waals surface area contributed by atoms with Gasteiger partial charge in [-0.3, -0.25) is 9.78 Å².